The van der Waals surface area contributed by atoms with Crippen molar-refractivity contribution in [3.05, 3.63) is 45.2 Å². The number of thiazole rings is 1. The monoisotopic (exact) mass is 481 g/mol. The Kier molecular flexibility index (Phi) is 6.79. The molecule has 1 aliphatic carbocycles. The smallest absolute Gasteiger partial charge is 0.265 e. The standard InChI is InChI=1S/C26H31N3O4S/c1-7-32-22-15(3)23-19(17-10-8-9-11-20(17)33-23)13-18(22)14(2)12-21(30)28-26-27-16(4)24(34-26)25(31)29(5)6/h12-13H,7-11H2,1-6H3,(H,27,28,30)/b14-12+. The fraction of sp³-hybridized carbons (Fsp3) is 0.423. The van der Waals surface area contributed by atoms with Crippen molar-refractivity contribution in [1.29, 1.82) is 0 Å². The molecule has 34 heavy (non-hydrogen) atoms. The number of rotatable bonds is 6. The molecule has 8 heteroatoms. The molecule has 4 rings (SSSR count). The van der Waals surface area contributed by atoms with Crippen LogP contribution in [-0.2, 0) is 17.6 Å². The summed E-state index contributed by atoms with van der Waals surface area (Å²) < 4.78 is 12.2. The van der Waals surface area contributed by atoms with Gasteiger partial charge in [-0.05, 0) is 58.6 Å². The van der Waals surface area contributed by atoms with Crippen LogP contribution in [0.1, 0.15) is 64.5 Å². The van der Waals surface area contributed by atoms with Gasteiger partial charge < -0.3 is 14.1 Å². The largest absolute Gasteiger partial charge is 0.493 e. The number of allylic oxidation sites excluding steroid dienone is 1. The van der Waals surface area contributed by atoms with E-state index in [1.54, 1.807) is 27.1 Å². The van der Waals surface area contributed by atoms with Gasteiger partial charge in [-0.2, -0.15) is 0 Å². The summed E-state index contributed by atoms with van der Waals surface area (Å²) in [6.45, 7) is 8.15. The minimum absolute atomic E-state index is 0.129. The summed E-state index contributed by atoms with van der Waals surface area (Å²) in [6, 6.07) is 2.10. The SMILES string of the molecule is CCOc1c(/C(C)=C/C(=O)Nc2nc(C)c(C(=O)N(C)C)s2)cc2c3c(oc2c1C)CCCC3. The number of fused-ring (bicyclic) bond motifs is 3. The van der Waals surface area contributed by atoms with E-state index in [2.05, 4.69) is 16.4 Å². The van der Waals surface area contributed by atoms with Crippen LogP contribution < -0.4 is 10.1 Å². The topological polar surface area (TPSA) is 84.7 Å². The number of furan rings is 1. The van der Waals surface area contributed by atoms with E-state index in [4.69, 9.17) is 9.15 Å². The number of aryl methyl sites for hydroxylation is 4. The summed E-state index contributed by atoms with van der Waals surface area (Å²) in [6.07, 6.45) is 5.83. The third-order valence-electron chi connectivity index (χ3n) is 6.11. The molecule has 0 saturated heterocycles. The van der Waals surface area contributed by atoms with Crippen molar-refractivity contribution in [2.24, 2.45) is 0 Å². The fourth-order valence-corrected chi connectivity index (χ4v) is 5.42. The van der Waals surface area contributed by atoms with Crippen LogP contribution in [0.2, 0.25) is 0 Å². The molecule has 1 aromatic carbocycles. The lowest BCUT2D eigenvalue weighted by Gasteiger charge is -2.15. The number of nitrogens with one attached hydrogen (secondary N) is 1. The number of hydrogen-bond acceptors (Lipinski definition) is 6. The zero-order valence-electron chi connectivity index (χ0n) is 20.6. The number of nitrogens with zero attached hydrogens (tertiary/aromatic N) is 2. The molecule has 1 N–H and O–H groups in total. The number of amides is 2. The first-order valence-corrected chi connectivity index (χ1v) is 12.4. The molecule has 3 aromatic rings. The first-order chi connectivity index (χ1) is 16.2. The Labute approximate surface area is 203 Å². The Morgan fingerprint density at radius 1 is 1.26 bits per heavy atom. The Balaban J connectivity index is 1.67. The summed E-state index contributed by atoms with van der Waals surface area (Å²) in [5.74, 6) is 1.39. The molecule has 0 atom stereocenters. The van der Waals surface area contributed by atoms with E-state index in [1.165, 1.54) is 21.8 Å². The van der Waals surface area contributed by atoms with E-state index < -0.39 is 0 Å². The molecule has 2 amide bonds. The van der Waals surface area contributed by atoms with Gasteiger partial charge in [-0.25, -0.2) is 4.98 Å². The van der Waals surface area contributed by atoms with Crippen LogP contribution in [0, 0.1) is 13.8 Å². The van der Waals surface area contributed by atoms with Gasteiger partial charge in [0.1, 0.15) is 22.0 Å². The number of benzene rings is 1. The van der Waals surface area contributed by atoms with Crippen molar-refractivity contribution >= 4 is 44.8 Å². The van der Waals surface area contributed by atoms with Crippen molar-refractivity contribution < 1.29 is 18.7 Å². The molecule has 180 valence electrons. The van der Waals surface area contributed by atoms with Crippen molar-refractivity contribution in [3.63, 3.8) is 0 Å². The molecule has 0 saturated carbocycles. The molecule has 0 bridgehead atoms. The highest BCUT2D eigenvalue weighted by atomic mass is 32.1. The lowest BCUT2D eigenvalue weighted by atomic mass is 9.93. The summed E-state index contributed by atoms with van der Waals surface area (Å²) in [5.41, 5.74) is 5.39. The van der Waals surface area contributed by atoms with Crippen molar-refractivity contribution in [2.75, 3.05) is 26.0 Å². The van der Waals surface area contributed by atoms with E-state index in [9.17, 15) is 9.59 Å². The number of aromatic nitrogens is 1. The second kappa shape index (κ2) is 9.62. The van der Waals surface area contributed by atoms with Gasteiger partial charge in [-0.3, -0.25) is 14.9 Å². The highest BCUT2D eigenvalue weighted by Gasteiger charge is 2.23. The summed E-state index contributed by atoms with van der Waals surface area (Å²) in [5, 5.41) is 4.32. The molecule has 0 unspecified atom stereocenters. The van der Waals surface area contributed by atoms with E-state index in [-0.39, 0.29) is 11.8 Å². The second-order valence-electron chi connectivity index (χ2n) is 8.85. The number of carbonyl (C=O) groups excluding carboxylic acids is 2. The summed E-state index contributed by atoms with van der Waals surface area (Å²) in [4.78, 5) is 31.5. The lowest BCUT2D eigenvalue weighted by Crippen LogP contribution is -2.21. The van der Waals surface area contributed by atoms with E-state index in [0.29, 0.717) is 22.3 Å². The van der Waals surface area contributed by atoms with Gasteiger partial charge in [0.25, 0.3) is 5.91 Å². The summed E-state index contributed by atoms with van der Waals surface area (Å²) >= 11 is 1.18. The van der Waals surface area contributed by atoms with Gasteiger partial charge >= 0.3 is 0 Å². The van der Waals surface area contributed by atoms with Gasteiger partial charge in [0.05, 0.1) is 12.3 Å². The molecular formula is C26H31N3O4S. The molecule has 0 aliphatic heterocycles. The van der Waals surface area contributed by atoms with Crippen LogP contribution in [0.25, 0.3) is 16.5 Å². The minimum Gasteiger partial charge on any atom is -0.493 e. The Morgan fingerprint density at radius 3 is 2.71 bits per heavy atom. The van der Waals surface area contributed by atoms with E-state index in [0.717, 1.165) is 64.9 Å². The van der Waals surface area contributed by atoms with Crippen LogP contribution >= 0.6 is 11.3 Å². The molecule has 1 aliphatic rings. The zero-order valence-corrected chi connectivity index (χ0v) is 21.4. The third kappa shape index (κ3) is 4.46. The number of anilines is 1. The molecule has 0 fully saturated rings. The molecule has 0 radical (unpaired) electrons. The summed E-state index contributed by atoms with van der Waals surface area (Å²) in [7, 11) is 3.38. The predicted octanol–water partition coefficient (Wildman–Crippen LogP) is 5.53. The van der Waals surface area contributed by atoms with Crippen molar-refractivity contribution in [3.8, 4) is 5.75 Å². The van der Waals surface area contributed by atoms with Crippen LogP contribution in [0.3, 0.4) is 0 Å². The molecular weight excluding hydrogens is 450 g/mol. The van der Waals surface area contributed by atoms with Gasteiger partial charge in [0.2, 0.25) is 5.91 Å². The van der Waals surface area contributed by atoms with E-state index in [1.807, 2.05) is 20.8 Å². The first-order valence-electron chi connectivity index (χ1n) is 11.6. The highest BCUT2D eigenvalue weighted by molar-refractivity contribution is 7.17. The van der Waals surface area contributed by atoms with Crippen LogP contribution in [0.15, 0.2) is 16.6 Å². The number of carbonyl (C=O) groups is 2. The predicted molar refractivity (Wildman–Crippen MR) is 136 cm³/mol. The van der Waals surface area contributed by atoms with Gasteiger partial charge in [0, 0.05) is 48.7 Å². The lowest BCUT2D eigenvalue weighted by molar-refractivity contribution is -0.111. The molecule has 2 aromatic heterocycles. The van der Waals surface area contributed by atoms with Gasteiger partial charge in [-0.1, -0.05) is 11.3 Å². The van der Waals surface area contributed by atoms with Gasteiger partial charge in [0.15, 0.2) is 5.13 Å². The Morgan fingerprint density at radius 2 is 2.00 bits per heavy atom. The van der Waals surface area contributed by atoms with Crippen LogP contribution in [-0.4, -0.2) is 42.4 Å². The second-order valence-corrected chi connectivity index (χ2v) is 9.85. The number of ether oxygens (including phenoxy) is 1. The Hall–Kier alpha value is -3.13. The molecule has 7 nitrogen and oxygen atoms in total. The Bertz CT molecular complexity index is 1300. The number of hydrogen-bond donors (Lipinski definition) is 1. The van der Waals surface area contributed by atoms with Gasteiger partial charge in [-0.15, -0.1) is 0 Å². The van der Waals surface area contributed by atoms with Crippen molar-refractivity contribution in [2.45, 2.75) is 53.4 Å². The van der Waals surface area contributed by atoms with Crippen LogP contribution in [0.5, 0.6) is 5.75 Å². The maximum Gasteiger partial charge on any atom is 0.265 e. The third-order valence-corrected chi connectivity index (χ3v) is 7.18. The van der Waals surface area contributed by atoms with E-state index >= 15 is 0 Å². The molecule has 0 spiro atoms. The first kappa shape index (κ1) is 24.0. The average molecular weight is 482 g/mol. The van der Waals surface area contributed by atoms with Crippen LogP contribution in [0.4, 0.5) is 5.13 Å². The quantitative estimate of drug-likeness (QED) is 0.468. The highest BCUT2D eigenvalue weighted by Crippen LogP contribution is 2.41. The maximum absolute atomic E-state index is 12.8. The minimum atomic E-state index is -0.301. The normalized spacial score (nSPS) is 13.6. The fourth-order valence-electron chi connectivity index (χ4n) is 4.43. The zero-order chi connectivity index (χ0) is 24.6. The molecule has 2 heterocycles. The maximum atomic E-state index is 12.8. The average Bonchev–Trinajstić information content (AvgIpc) is 3.35. The van der Waals surface area contributed by atoms with Crippen molar-refractivity contribution in [1.82, 2.24) is 9.88 Å².